The van der Waals surface area contributed by atoms with Crippen molar-refractivity contribution in [2.45, 2.75) is 19.8 Å². The second kappa shape index (κ2) is 10.3. The zero-order valence-corrected chi connectivity index (χ0v) is 18.3. The molecule has 2 amide bonds. The molecule has 3 rings (SSSR count). The Bertz CT molecular complexity index is 1000. The van der Waals surface area contributed by atoms with E-state index in [1.54, 1.807) is 30.3 Å². The molecule has 30 heavy (non-hydrogen) atoms. The molecule has 0 spiro atoms. The highest BCUT2D eigenvalue weighted by molar-refractivity contribution is 7.12. The van der Waals surface area contributed by atoms with E-state index >= 15 is 0 Å². The minimum atomic E-state index is -0.267. The minimum absolute atomic E-state index is 0.263. The first-order valence-corrected chi connectivity index (χ1v) is 10.8. The molecule has 0 aliphatic heterocycles. The van der Waals surface area contributed by atoms with Gasteiger partial charge in [0.25, 0.3) is 11.8 Å². The molecule has 0 saturated carbocycles. The van der Waals surface area contributed by atoms with Gasteiger partial charge in [-0.1, -0.05) is 43.6 Å². The lowest BCUT2D eigenvalue weighted by Gasteiger charge is -2.11. The monoisotopic (exact) mass is 442 g/mol. The van der Waals surface area contributed by atoms with Gasteiger partial charge in [0.05, 0.1) is 22.1 Å². The van der Waals surface area contributed by atoms with Crippen molar-refractivity contribution in [1.29, 1.82) is 0 Å². The molecule has 3 aromatic rings. The van der Waals surface area contributed by atoms with Gasteiger partial charge in [0.2, 0.25) is 0 Å². The second-order valence-corrected chi connectivity index (χ2v) is 8.31. The third-order valence-electron chi connectivity index (χ3n) is 4.42. The van der Waals surface area contributed by atoms with Crippen molar-refractivity contribution in [1.82, 2.24) is 5.32 Å². The average molecular weight is 443 g/mol. The van der Waals surface area contributed by atoms with Gasteiger partial charge in [-0.25, -0.2) is 0 Å². The quantitative estimate of drug-likeness (QED) is 0.447. The Balaban J connectivity index is 1.52. The van der Waals surface area contributed by atoms with E-state index in [9.17, 15) is 9.59 Å². The molecule has 1 heterocycles. The maximum Gasteiger partial charge on any atom is 0.265 e. The van der Waals surface area contributed by atoms with Gasteiger partial charge < -0.3 is 15.4 Å². The molecular formula is C23H23ClN2O3S. The largest absolute Gasteiger partial charge is 0.492 e. The number of halogens is 1. The molecular weight excluding hydrogens is 420 g/mol. The van der Waals surface area contributed by atoms with Gasteiger partial charge >= 0.3 is 0 Å². The molecule has 0 saturated heterocycles. The maximum absolute atomic E-state index is 12.4. The number of rotatable bonds is 8. The van der Waals surface area contributed by atoms with E-state index in [1.165, 1.54) is 16.9 Å². The van der Waals surface area contributed by atoms with Crippen molar-refractivity contribution in [3.8, 4) is 5.75 Å². The summed E-state index contributed by atoms with van der Waals surface area (Å²) in [6.45, 7) is 4.98. The number of carbonyl (C=O) groups excluding carboxylic acids is 2. The fourth-order valence-corrected chi connectivity index (χ4v) is 3.52. The number of hydrogen-bond acceptors (Lipinski definition) is 4. The van der Waals surface area contributed by atoms with Crippen LogP contribution in [0.15, 0.2) is 60.0 Å². The van der Waals surface area contributed by atoms with E-state index < -0.39 is 0 Å². The van der Waals surface area contributed by atoms with Crippen LogP contribution >= 0.6 is 22.9 Å². The van der Waals surface area contributed by atoms with Gasteiger partial charge in [-0.3, -0.25) is 9.59 Å². The number of nitrogens with one attached hydrogen (secondary N) is 2. The summed E-state index contributed by atoms with van der Waals surface area (Å²) in [6.07, 6.45) is 0. The molecule has 0 radical (unpaired) electrons. The van der Waals surface area contributed by atoms with Gasteiger partial charge in [-0.2, -0.15) is 0 Å². The summed E-state index contributed by atoms with van der Waals surface area (Å²) in [5.74, 6) is 0.704. The van der Waals surface area contributed by atoms with Crippen LogP contribution in [0, 0.1) is 0 Å². The molecule has 0 aliphatic rings. The number of ether oxygens (including phenoxy) is 1. The number of anilines is 1. The number of hydrogen-bond donors (Lipinski definition) is 2. The molecule has 1 aromatic heterocycles. The van der Waals surface area contributed by atoms with Gasteiger partial charge in [0.15, 0.2) is 0 Å². The number of amides is 2. The van der Waals surface area contributed by atoms with E-state index in [0.29, 0.717) is 40.2 Å². The van der Waals surface area contributed by atoms with E-state index in [-0.39, 0.29) is 11.8 Å². The van der Waals surface area contributed by atoms with Crippen molar-refractivity contribution in [2.75, 3.05) is 18.5 Å². The molecule has 0 unspecified atom stereocenters. The smallest absolute Gasteiger partial charge is 0.265 e. The molecule has 0 aliphatic carbocycles. The number of benzene rings is 2. The van der Waals surface area contributed by atoms with E-state index in [2.05, 4.69) is 24.5 Å². The molecule has 5 nitrogen and oxygen atoms in total. The highest BCUT2D eigenvalue weighted by Gasteiger charge is 2.13. The van der Waals surface area contributed by atoms with Gasteiger partial charge in [-0.05, 0) is 53.3 Å². The van der Waals surface area contributed by atoms with Crippen molar-refractivity contribution in [2.24, 2.45) is 0 Å². The Morgan fingerprint density at radius 1 is 1.07 bits per heavy atom. The van der Waals surface area contributed by atoms with Gasteiger partial charge in [0, 0.05) is 5.56 Å². The van der Waals surface area contributed by atoms with Crippen LogP contribution < -0.4 is 15.4 Å². The second-order valence-electron chi connectivity index (χ2n) is 6.95. The summed E-state index contributed by atoms with van der Waals surface area (Å²) < 4.78 is 5.67. The average Bonchev–Trinajstić information content (AvgIpc) is 3.28. The van der Waals surface area contributed by atoms with E-state index in [4.69, 9.17) is 16.3 Å². The summed E-state index contributed by atoms with van der Waals surface area (Å²) in [5.41, 5.74) is 2.05. The highest BCUT2D eigenvalue weighted by atomic mass is 35.5. The Kier molecular flexibility index (Phi) is 7.49. The van der Waals surface area contributed by atoms with Crippen LogP contribution in [0.25, 0.3) is 0 Å². The minimum Gasteiger partial charge on any atom is -0.492 e. The lowest BCUT2D eigenvalue weighted by atomic mass is 10.0. The standard InChI is InChI=1S/C23H23ClN2O3S/c1-15(2)16-5-8-18(9-6-16)29-12-11-25-22(27)17-7-10-19(24)20(14-17)26-23(28)21-4-3-13-30-21/h3-10,13-15H,11-12H2,1-2H3,(H,25,27)(H,26,28). The normalized spacial score (nSPS) is 10.7. The summed E-state index contributed by atoms with van der Waals surface area (Å²) in [5, 5.41) is 7.74. The van der Waals surface area contributed by atoms with Crippen molar-refractivity contribution >= 4 is 40.4 Å². The number of carbonyl (C=O) groups is 2. The topological polar surface area (TPSA) is 67.4 Å². The molecule has 2 N–H and O–H groups in total. The van der Waals surface area contributed by atoms with Crippen LogP contribution in [0.3, 0.4) is 0 Å². The predicted octanol–water partition coefficient (Wildman–Crippen LogP) is 5.59. The van der Waals surface area contributed by atoms with Crippen molar-refractivity contribution < 1.29 is 14.3 Å². The SMILES string of the molecule is CC(C)c1ccc(OCCNC(=O)c2ccc(Cl)c(NC(=O)c3cccs3)c2)cc1. The summed E-state index contributed by atoms with van der Waals surface area (Å²) in [6, 6.07) is 16.2. The van der Waals surface area contributed by atoms with Crippen LogP contribution in [-0.4, -0.2) is 25.0 Å². The van der Waals surface area contributed by atoms with Crippen LogP contribution in [0.5, 0.6) is 5.75 Å². The third kappa shape index (κ3) is 5.84. The summed E-state index contributed by atoms with van der Waals surface area (Å²) in [7, 11) is 0. The fourth-order valence-electron chi connectivity index (χ4n) is 2.74. The molecule has 2 aromatic carbocycles. The molecule has 156 valence electrons. The zero-order chi connectivity index (χ0) is 21.5. The lowest BCUT2D eigenvalue weighted by Crippen LogP contribution is -2.28. The van der Waals surface area contributed by atoms with E-state index in [1.807, 2.05) is 29.6 Å². The fraction of sp³-hybridized carbons (Fsp3) is 0.217. The lowest BCUT2D eigenvalue weighted by molar-refractivity contribution is 0.0945. The summed E-state index contributed by atoms with van der Waals surface area (Å²) in [4.78, 5) is 25.2. The van der Waals surface area contributed by atoms with Gasteiger partial charge in [0.1, 0.15) is 12.4 Å². The van der Waals surface area contributed by atoms with Crippen LogP contribution in [0.2, 0.25) is 5.02 Å². The van der Waals surface area contributed by atoms with Crippen LogP contribution in [-0.2, 0) is 0 Å². The Hall–Kier alpha value is -2.83. The predicted molar refractivity (Wildman–Crippen MR) is 122 cm³/mol. The Morgan fingerprint density at radius 2 is 1.83 bits per heavy atom. The zero-order valence-electron chi connectivity index (χ0n) is 16.8. The third-order valence-corrected chi connectivity index (χ3v) is 5.62. The first-order valence-electron chi connectivity index (χ1n) is 9.59. The highest BCUT2D eigenvalue weighted by Crippen LogP contribution is 2.24. The first kappa shape index (κ1) is 21.9. The van der Waals surface area contributed by atoms with E-state index in [0.717, 1.165) is 5.75 Å². The summed E-state index contributed by atoms with van der Waals surface area (Å²) >= 11 is 7.50. The molecule has 7 heteroatoms. The first-order chi connectivity index (χ1) is 14.4. The Labute approximate surface area is 185 Å². The van der Waals surface area contributed by atoms with Crippen molar-refractivity contribution in [3.05, 3.63) is 81.0 Å². The van der Waals surface area contributed by atoms with Gasteiger partial charge in [-0.15, -0.1) is 11.3 Å². The number of thiophene rings is 1. The molecule has 0 atom stereocenters. The van der Waals surface area contributed by atoms with Crippen LogP contribution in [0.1, 0.15) is 45.4 Å². The van der Waals surface area contributed by atoms with Crippen molar-refractivity contribution in [3.63, 3.8) is 0 Å². The Morgan fingerprint density at radius 3 is 2.50 bits per heavy atom. The van der Waals surface area contributed by atoms with Crippen LogP contribution in [0.4, 0.5) is 5.69 Å². The molecule has 0 fully saturated rings. The molecule has 0 bridgehead atoms. The maximum atomic E-state index is 12.4.